The highest BCUT2D eigenvalue weighted by molar-refractivity contribution is 5.88. The Morgan fingerprint density at radius 3 is 1.23 bits per heavy atom. The molecule has 4 heterocycles. The predicted molar refractivity (Wildman–Crippen MR) is 274 cm³/mol. The normalized spacial score (nSPS) is 38.2. The number of carbonyl (C=O) groups is 2. The summed E-state index contributed by atoms with van der Waals surface area (Å²) in [6.07, 6.45) is -20.4. The fraction of sp³-hybridized carbons (Fsp3) is 0.741. The molecule has 4 rings (SSSR count). The van der Waals surface area contributed by atoms with Crippen LogP contribution >= 0.6 is 0 Å². The molecule has 0 aliphatic carbocycles. The summed E-state index contributed by atoms with van der Waals surface area (Å²) in [5.41, 5.74) is -2.42. The van der Waals surface area contributed by atoms with Gasteiger partial charge in [-0.25, -0.2) is 9.59 Å². The van der Waals surface area contributed by atoms with Crippen molar-refractivity contribution in [1.29, 1.82) is 0 Å². The van der Waals surface area contributed by atoms with Crippen LogP contribution in [0, 0.1) is 0 Å². The van der Waals surface area contributed by atoms with E-state index in [1.54, 1.807) is 26.8 Å². The Labute approximate surface area is 455 Å². The maximum atomic E-state index is 13.5. The van der Waals surface area contributed by atoms with E-state index in [0.29, 0.717) is 12.8 Å². The fourth-order valence-corrected chi connectivity index (χ4v) is 8.99. The number of aliphatic hydroxyl groups is 12. The van der Waals surface area contributed by atoms with Gasteiger partial charge in [-0.2, -0.15) is 0 Å². The molecule has 24 heteroatoms. The van der Waals surface area contributed by atoms with E-state index >= 15 is 0 Å². The molecule has 0 radical (unpaired) electrons. The number of allylic oxidation sites excluding steroid dienone is 4. The summed E-state index contributed by atoms with van der Waals surface area (Å²) in [5, 5.41) is 127. The van der Waals surface area contributed by atoms with E-state index in [2.05, 4.69) is 19.7 Å². The third-order valence-electron chi connectivity index (χ3n) is 14.5. The van der Waals surface area contributed by atoms with Gasteiger partial charge in [-0.05, 0) is 93.9 Å². The molecule has 446 valence electrons. The minimum atomic E-state index is -1.87. The minimum absolute atomic E-state index is 0.0483. The van der Waals surface area contributed by atoms with Gasteiger partial charge in [0.25, 0.3) is 0 Å². The van der Waals surface area contributed by atoms with Crippen molar-refractivity contribution in [3.05, 3.63) is 72.9 Å². The molecule has 23 atom stereocenters. The Morgan fingerprint density at radius 1 is 0.462 bits per heavy atom. The van der Waals surface area contributed by atoms with Gasteiger partial charge < -0.3 is 109 Å². The second-order valence-electron chi connectivity index (χ2n) is 21.2. The second kappa shape index (κ2) is 29.5. The van der Waals surface area contributed by atoms with Crippen molar-refractivity contribution in [2.45, 2.75) is 234 Å². The molecule has 0 amide bonds. The molecule has 24 nitrogen and oxygen atoms in total. The Bertz CT molecular complexity index is 2060. The lowest BCUT2D eigenvalue weighted by Gasteiger charge is -2.47. The van der Waals surface area contributed by atoms with E-state index in [9.17, 15) is 70.9 Å². The van der Waals surface area contributed by atoms with E-state index in [4.69, 9.17) is 47.4 Å². The Morgan fingerprint density at radius 2 is 0.808 bits per heavy atom. The zero-order valence-corrected chi connectivity index (χ0v) is 45.8. The van der Waals surface area contributed by atoms with E-state index in [0.717, 1.165) is 5.57 Å². The first-order chi connectivity index (χ1) is 36.6. The van der Waals surface area contributed by atoms with Crippen LogP contribution in [0.1, 0.15) is 93.9 Å². The lowest BCUT2D eigenvalue weighted by Crippen LogP contribution is -2.65. The number of rotatable bonds is 27. The van der Waals surface area contributed by atoms with Gasteiger partial charge in [-0.3, -0.25) is 0 Å². The topological polar surface area (TPSA) is 369 Å². The van der Waals surface area contributed by atoms with E-state index in [-0.39, 0.29) is 36.8 Å². The number of carbonyl (C=O) groups excluding carboxylic acids is 2. The summed E-state index contributed by atoms with van der Waals surface area (Å²) in [7, 11) is 0. The quantitative estimate of drug-likeness (QED) is 0.0278. The number of aliphatic hydroxyl groups excluding tert-OH is 12. The molecule has 0 unspecified atom stereocenters. The lowest BCUT2D eigenvalue weighted by molar-refractivity contribution is -0.373. The third kappa shape index (κ3) is 17.1. The number of hydrogen-bond acceptors (Lipinski definition) is 24. The molecule has 0 saturated carbocycles. The van der Waals surface area contributed by atoms with E-state index in [1.807, 2.05) is 19.9 Å². The second-order valence-corrected chi connectivity index (χ2v) is 21.2. The van der Waals surface area contributed by atoms with Crippen LogP contribution in [-0.2, 0) is 57.0 Å². The zero-order chi connectivity index (χ0) is 58.6. The Kier molecular flexibility index (Phi) is 25.4. The van der Waals surface area contributed by atoms with Crippen molar-refractivity contribution in [3.8, 4) is 0 Å². The van der Waals surface area contributed by atoms with Crippen LogP contribution in [0.4, 0.5) is 0 Å². The molecular weight excluding hydrogens is 1030 g/mol. The molecule has 0 aromatic carbocycles. The zero-order valence-electron chi connectivity index (χ0n) is 45.8. The van der Waals surface area contributed by atoms with Crippen molar-refractivity contribution in [1.82, 2.24) is 0 Å². The molecule has 0 aromatic heterocycles. The monoisotopic (exact) mass is 1120 g/mol. The Hall–Kier alpha value is -3.42. The van der Waals surface area contributed by atoms with Gasteiger partial charge in [-0.1, -0.05) is 42.0 Å². The summed E-state index contributed by atoms with van der Waals surface area (Å²) in [6, 6.07) is 0. The molecule has 4 fully saturated rings. The molecule has 4 saturated heterocycles. The lowest BCUT2D eigenvalue weighted by atomic mass is 9.96. The summed E-state index contributed by atoms with van der Waals surface area (Å²) in [4.78, 5) is 27.0. The standard InChI is InChI=1S/C54H86O24/c1-12-52(9,76-49-41(65)37(61)34(58)31(24-55)70-49)22-16-20-29(7)47(68)74-44-38(62)35(59)32(25-56)71-50(44)77-54(11,14-3)23-17-19-28(6)46(67)73-43-30(8)69-48(42(66)40(43)64)75-45-39(63)36(60)33(26-57)72-51(45)78-53(10,13-2)21-15-18-27(4)5/h12-14,18-20,30-45,48-51,55-66H,1-3,15-17,21-26H2,4-11H3/b28-19+,29-20+/t30-,31-,32-,33+,34+,35-,36+,37+,38+,39-,40+,41+,42-,43-,44-,45+,48-,49-,50+,51+,52-,53+,54-/m1/s1. The average molecular weight is 1120 g/mol. The SMILES string of the molecule is C=C[C@@](C)(CCC=C(C)C)O[C@@H]1O[C@@H](CO)[C@H](O)[C@@H](O)[C@@H]1O[C@H]1O[C@H](C)[C@@H](OC(=O)/C(C)=C/CC[C@@](C)(C=C)O[C@@H]2O[C@H](CO)[C@@H](O)[C@H](O)[C@H]2OC(=O)/C(C)=C/CC[C@@](C)(C=C)O[C@H]2O[C@H](CO)[C@H](O)[C@H](O)[C@@H]2O)[C@@H](O)[C@H]1O. The fourth-order valence-electron chi connectivity index (χ4n) is 8.99. The van der Waals surface area contributed by atoms with Crippen molar-refractivity contribution >= 4 is 11.9 Å². The van der Waals surface area contributed by atoms with Gasteiger partial charge in [-0.15, -0.1) is 19.7 Å². The summed E-state index contributed by atoms with van der Waals surface area (Å²) in [6.45, 7) is 22.5. The van der Waals surface area contributed by atoms with Gasteiger partial charge in [0, 0.05) is 11.1 Å². The van der Waals surface area contributed by atoms with E-state index in [1.165, 1.54) is 45.1 Å². The number of esters is 2. The van der Waals surface area contributed by atoms with Gasteiger partial charge in [0.15, 0.2) is 37.4 Å². The number of hydrogen-bond donors (Lipinski definition) is 12. The first kappa shape index (κ1) is 67.1. The summed E-state index contributed by atoms with van der Waals surface area (Å²) in [5.74, 6) is -1.84. The van der Waals surface area contributed by atoms with Crippen LogP contribution < -0.4 is 0 Å². The van der Waals surface area contributed by atoms with Crippen LogP contribution in [0.3, 0.4) is 0 Å². The van der Waals surface area contributed by atoms with Gasteiger partial charge >= 0.3 is 11.9 Å². The largest absolute Gasteiger partial charge is 0.453 e. The smallest absolute Gasteiger partial charge is 0.333 e. The van der Waals surface area contributed by atoms with Crippen LogP contribution in [0.15, 0.2) is 72.9 Å². The van der Waals surface area contributed by atoms with Crippen molar-refractivity contribution < 1.29 is 118 Å². The number of ether oxygens (including phenoxy) is 10. The van der Waals surface area contributed by atoms with Gasteiger partial charge in [0.2, 0.25) is 0 Å². The average Bonchev–Trinajstić information content (AvgIpc) is 3.42. The summed E-state index contributed by atoms with van der Waals surface area (Å²) < 4.78 is 58.7. The Balaban J connectivity index is 1.39. The first-order valence-corrected chi connectivity index (χ1v) is 26.1. The predicted octanol–water partition coefficient (Wildman–Crippen LogP) is -0.577. The van der Waals surface area contributed by atoms with Gasteiger partial charge in [0.05, 0.1) is 42.7 Å². The van der Waals surface area contributed by atoms with Crippen molar-refractivity contribution in [2.75, 3.05) is 19.8 Å². The molecular formula is C54H86O24. The van der Waals surface area contributed by atoms with E-state index < -0.39 is 171 Å². The molecule has 0 spiro atoms. The van der Waals surface area contributed by atoms with Crippen molar-refractivity contribution in [3.63, 3.8) is 0 Å². The molecule has 12 N–H and O–H groups in total. The third-order valence-corrected chi connectivity index (χ3v) is 14.5. The highest BCUT2D eigenvalue weighted by Gasteiger charge is 2.53. The van der Waals surface area contributed by atoms with Gasteiger partial charge in [0.1, 0.15) is 79.4 Å². The molecule has 4 aliphatic rings. The first-order valence-electron chi connectivity index (χ1n) is 26.1. The highest BCUT2D eigenvalue weighted by Crippen LogP contribution is 2.36. The maximum Gasteiger partial charge on any atom is 0.333 e. The van der Waals surface area contributed by atoms with Crippen LogP contribution in [-0.4, -0.2) is 233 Å². The maximum absolute atomic E-state index is 13.5. The summed E-state index contributed by atoms with van der Waals surface area (Å²) >= 11 is 0. The van der Waals surface area contributed by atoms with Crippen LogP contribution in [0.25, 0.3) is 0 Å². The molecule has 0 bridgehead atoms. The van der Waals surface area contributed by atoms with Crippen LogP contribution in [0.5, 0.6) is 0 Å². The molecule has 4 aliphatic heterocycles. The van der Waals surface area contributed by atoms with Crippen LogP contribution in [0.2, 0.25) is 0 Å². The molecule has 0 aromatic rings. The highest BCUT2D eigenvalue weighted by atomic mass is 16.8. The molecule has 78 heavy (non-hydrogen) atoms. The minimum Gasteiger partial charge on any atom is -0.453 e. The van der Waals surface area contributed by atoms with Crippen molar-refractivity contribution in [2.24, 2.45) is 0 Å².